The summed E-state index contributed by atoms with van der Waals surface area (Å²) in [4.78, 5) is 18.1. The van der Waals surface area contributed by atoms with Gasteiger partial charge in [-0.25, -0.2) is 4.39 Å². The fourth-order valence-electron chi connectivity index (χ4n) is 4.69. The summed E-state index contributed by atoms with van der Waals surface area (Å²) in [5.41, 5.74) is 1.68. The smallest absolute Gasteiger partial charge is 0.226 e. The molecule has 1 amide bonds. The first-order valence-electron chi connectivity index (χ1n) is 10.5. The molecule has 1 saturated heterocycles. The number of carbonyl (C=O) groups is 1. The first-order valence-corrected chi connectivity index (χ1v) is 11.7. The molecule has 1 spiro atoms. The molecular weight excluding hydrogens is 423 g/mol. The highest BCUT2D eigenvalue weighted by atomic mass is 35.5. The van der Waals surface area contributed by atoms with Crippen LogP contribution in [0.25, 0.3) is 0 Å². The van der Waals surface area contributed by atoms with Crippen molar-refractivity contribution in [2.75, 3.05) is 40.3 Å². The number of nitrogens with zero attached hydrogens (tertiary/aromatic N) is 2. The highest BCUT2D eigenvalue weighted by Gasteiger charge is 2.42. The van der Waals surface area contributed by atoms with E-state index in [0.717, 1.165) is 43.3 Å². The van der Waals surface area contributed by atoms with Gasteiger partial charge in [-0.3, -0.25) is 4.79 Å². The standard InChI is InChI=1S/C23H28ClFN2O2S/c1-26(2)22(28)18(13-16-5-3-4-6-19(16)25)15-27-10-8-23(9-11-27)21-17(7-12-29-23)14-20(24)30-21/h3-6,14,18H,7-13,15H2,1-2H3. The Bertz CT molecular complexity index is 908. The molecule has 2 aliphatic rings. The second-order valence-electron chi connectivity index (χ2n) is 8.52. The quantitative estimate of drug-likeness (QED) is 0.678. The molecule has 2 aromatic rings. The minimum atomic E-state index is -0.273. The molecule has 1 aromatic heterocycles. The number of ether oxygens (including phenoxy) is 1. The van der Waals surface area contributed by atoms with Gasteiger partial charge < -0.3 is 14.5 Å². The van der Waals surface area contributed by atoms with E-state index in [-0.39, 0.29) is 23.2 Å². The summed E-state index contributed by atoms with van der Waals surface area (Å²) in [5.74, 6) is -0.478. The lowest BCUT2D eigenvalue weighted by molar-refractivity contribution is -0.134. The number of hydrogen-bond acceptors (Lipinski definition) is 4. The maximum atomic E-state index is 14.2. The van der Waals surface area contributed by atoms with E-state index in [2.05, 4.69) is 11.0 Å². The number of amides is 1. The molecular formula is C23H28ClFN2O2S. The molecule has 4 nitrogen and oxygen atoms in total. The van der Waals surface area contributed by atoms with E-state index in [0.29, 0.717) is 18.5 Å². The van der Waals surface area contributed by atoms with Gasteiger partial charge in [-0.15, -0.1) is 11.3 Å². The van der Waals surface area contributed by atoms with Crippen molar-refractivity contribution >= 4 is 28.8 Å². The molecule has 3 heterocycles. The Morgan fingerprint density at radius 2 is 2.07 bits per heavy atom. The largest absolute Gasteiger partial charge is 0.369 e. The van der Waals surface area contributed by atoms with Crippen LogP contribution in [0.1, 0.15) is 28.8 Å². The van der Waals surface area contributed by atoms with Gasteiger partial charge in [0, 0.05) is 38.6 Å². The minimum absolute atomic E-state index is 0.0415. The summed E-state index contributed by atoms with van der Waals surface area (Å²) in [6, 6.07) is 8.82. The van der Waals surface area contributed by atoms with Crippen LogP contribution in [0.5, 0.6) is 0 Å². The Hall–Kier alpha value is -1.47. The van der Waals surface area contributed by atoms with Gasteiger partial charge in [0.15, 0.2) is 0 Å². The van der Waals surface area contributed by atoms with Gasteiger partial charge in [0.2, 0.25) is 5.91 Å². The van der Waals surface area contributed by atoms with E-state index in [1.165, 1.54) is 16.5 Å². The summed E-state index contributed by atoms with van der Waals surface area (Å²) in [6.07, 6.45) is 3.11. The second kappa shape index (κ2) is 8.95. The predicted molar refractivity (Wildman–Crippen MR) is 119 cm³/mol. The molecule has 0 bridgehead atoms. The number of halogens is 2. The fraction of sp³-hybridized carbons (Fsp3) is 0.522. The van der Waals surface area contributed by atoms with Gasteiger partial charge in [-0.05, 0) is 48.9 Å². The fourth-order valence-corrected chi connectivity index (χ4v) is 6.19. The minimum Gasteiger partial charge on any atom is -0.369 e. The van der Waals surface area contributed by atoms with E-state index in [1.807, 2.05) is 6.07 Å². The molecule has 1 atom stereocenters. The number of piperidine rings is 1. The van der Waals surface area contributed by atoms with Gasteiger partial charge in [-0.1, -0.05) is 29.8 Å². The molecule has 0 radical (unpaired) electrons. The highest BCUT2D eigenvalue weighted by Crippen LogP contribution is 2.46. The molecule has 1 fully saturated rings. The lowest BCUT2D eigenvalue weighted by atomic mass is 9.85. The molecule has 0 saturated carbocycles. The molecule has 1 unspecified atom stereocenters. The average molecular weight is 451 g/mol. The third-order valence-electron chi connectivity index (χ3n) is 6.30. The third kappa shape index (κ3) is 4.42. The van der Waals surface area contributed by atoms with Crippen LogP contribution in [-0.4, -0.2) is 56.0 Å². The van der Waals surface area contributed by atoms with E-state index >= 15 is 0 Å². The summed E-state index contributed by atoms with van der Waals surface area (Å²) in [5, 5.41) is 0. The van der Waals surface area contributed by atoms with Crippen molar-refractivity contribution in [1.82, 2.24) is 9.80 Å². The Morgan fingerprint density at radius 3 is 2.77 bits per heavy atom. The summed E-state index contributed by atoms with van der Waals surface area (Å²) >= 11 is 7.93. The molecule has 0 aliphatic carbocycles. The van der Waals surface area contributed by atoms with E-state index in [1.54, 1.807) is 42.5 Å². The number of hydrogen-bond donors (Lipinski definition) is 0. The Labute approximate surface area is 186 Å². The van der Waals surface area contributed by atoms with E-state index in [4.69, 9.17) is 16.3 Å². The average Bonchev–Trinajstić information content (AvgIpc) is 3.12. The van der Waals surface area contributed by atoms with Crippen molar-refractivity contribution in [1.29, 1.82) is 0 Å². The second-order valence-corrected chi connectivity index (χ2v) is 10.2. The first-order chi connectivity index (χ1) is 14.4. The number of thiophene rings is 1. The first kappa shape index (κ1) is 21.8. The zero-order chi connectivity index (χ0) is 21.3. The third-order valence-corrected chi connectivity index (χ3v) is 7.79. The van der Waals surface area contributed by atoms with Gasteiger partial charge in [-0.2, -0.15) is 0 Å². The summed E-state index contributed by atoms with van der Waals surface area (Å²) in [7, 11) is 3.53. The van der Waals surface area contributed by atoms with E-state index < -0.39 is 0 Å². The Balaban J connectivity index is 1.45. The van der Waals surface area contributed by atoms with Gasteiger partial charge in [0.1, 0.15) is 11.4 Å². The van der Waals surface area contributed by atoms with Crippen LogP contribution in [0.4, 0.5) is 4.39 Å². The SMILES string of the molecule is CN(C)C(=O)C(Cc1ccccc1F)CN1CCC2(CC1)OCCc1cc(Cl)sc12. The molecule has 0 N–H and O–H groups in total. The van der Waals surface area contributed by atoms with Crippen LogP contribution in [0, 0.1) is 11.7 Å². The lowest BCUT2D eigenvalue weighted by Gasteiger charge is -2.44. The maximum absolute atomic E-state index is 14.2. The van der Waals surface area contributed by atoms with Crippen LogP contribution in [0.3, 0.4) is 0 Å². The lowest BCUT2D eigenvalue weighted by Crippen LogP contribution is -2.48. The van der Waals surface area contributed by atoms with Crippen molar-refractivity contribution in [3.8, 4) is 0 Å². The number of likely N-dealkylation sites (tertiary alicyclic amines) is 1. The van der Waals surface area contributed by atoms with Crippen LogP contribution in [0.15, 0.2) is 30.3 Å². The maximum Gasteiger partial charge on any atom is 0.226 e. The van der Waals surface area contributed by atoms with Gasteiger partial charge in [0.25, 0.3) is 0 Å². The molecule has 7 heteroatoms. The zero-order valence-corrected chi connectivity index (χ0v) is 19.1. The predicted octanol–water partition coefficient (Wildman–Crippen LogP) is 4.35. The van der Waals surface area contributed by atoms with E-state index in [9.17, 15) is 9.18 Å². The Kier molecular flexibility index (Phi) is 6.49. The van der Waals surface area contributed by atoms with Crippen LogP contribution >= 0.6 is 22.9 Å². The van der Waals surface area contributed by atoms with Crippen LogP contribution < -0.4 is 0 Å². The molecule has 4 rings (SSSR count). The zero-order valence-electron chi connectivity index (χ0n) is 17.5. The molecule has 162 valence electrons. The normalized spacial score (nSPS) is 19.5. The summed E-state index contributed by atoms with van der Waals surface area (Å²) in [6.45, 7) is 3.06. The Morgan fingerprint density at radius 1 is 1.33 bits per heavy atom. The number of fused-ring (bicyclic) bond motifs is 2. The topological polar surface area (TPSA) is 32.8 Å². The number of carbonyl (C=O) groups excluding carboxylic acids is 1. The number of benzene rings is 1. The van der Waals surface area contributed by atoms with Crippen LogP contribution in [0.2, 0.25) is 4.34 Å². The molecule has 2 aliphatic heterocycles. The number of rotatable bonds is 5. The highest BCUT2D eigenvalue weighted by molar-refractivity contribution is 7.16. The molecule has 30 heavy (non-hydrogen) atoms. The van der Waals surface area contributed by atoms with Gasteiger partial charge >= 0.3 is 0 Å². The van der Waals surface area contributed by atoms with Crippen molar-refractivity contribution in [3.63, 3.8) is 0 Å². The summed E-state index contributed by atoms with van der Waals surface area (Å²) < 4.78 is 21.3. The van der Waals surface area contributed by atoms with Crippen molar-refractivity contribution in [2.24, 2.45) is 5.92 Å². The van der Waals surface area contributed by atoms with Gasteiger partial charge in [0.05, 0.1) is 16.9 Å². The van der Waals surface area contributed by atoms with Crippen molar-refractivity contribution < 1.29 is 13.9 Å². The van der Waals surface area contributed by atoms with Crippen molar-refractivity contribution in [2.45, 2.75) is 31.3 Å². The monoisotopic (exact) mass is 450 g/mol. The van der Waals surface area contributed by atoms with Crippen LogP contribution in [-0.2, 0) is 28.0 Å². The molecule has 1 aromatic carbocycles. The van der Waals surface area contributed by atoms with Crippen molar-refractivity contribution in [3.05, 3.63) is 56.5 Å².